The topological polar surface area (TPSA) is 169 Å². The average Bonchev–Trinajstić information content (AvgIpc) is 2.80. The van der Waals surface area contributed by atoms with Crippen molar-refractivity contribution in [1.82, 2.24) is 14.8 Å². The summed E-state index contributed by atoms with van der Waals surface area (Å²) in [5, 5.41) is 35.5. The number of aromatic nitrogens is 3. The lowest BCUT2D eigenvalue weighted by Gasteiger charge is -2.01. The normalized spacial score (nSPS) is 10.2. The van der Waals surface area contributed by atoms with Gasteiger partial charge < -0.3 is 14.9 Å². The first-order chi connectivity index (χ1) is 10.3. The number of nitrogens with zero attached hydrogens (tertiary/aromatic N) is 6. The molecule has 0 N–H and O–H groups in total. The number of benzene rings is 1. The van der Waals surface area contributed by atoms with Crippen molar-refractivity contribution < 1.29 is 19.5 Å². The van der Waals surface area contributed by atoms with E-state index in [9.17, 15) is 30.3 Å². The highest BCUT2D eigenvalue weighted by atomic mass is 16.6. The van der Waals surface area contributed by atoms with Crippen LogP contribution in [0.2, 0.25) is 0 Å². The van der Waals surface area contributed by atoms with Crippen LogP contribution in [0.1, 0.15) is 0 Å². The number of hydrogen-bond acceptors (Lipinski definition) is 9. The van der Waals surface area contributed by atoms with Crippen LogP contribution in [-0.2, 0) is 7.05 Å². The monoisotopic (exact) mass is 310 g/mol. The largest absolute Gasteiger partial charge is 0.494 e. The second-order valence-electron chi connectivity index (χ2n) is 3.84. The van der Waals surface area contributed by atoms with Crippen molar-refractivity contribution in [1.29, 1.82) is 0 Å². The van der Waals surface area contributed by atoms with Crippen molar-refractivity contribution >= 4 is 17.3 Å². The van der Waals surface area contributed by atoms with Gasteiger partial charge in [-0.25, -0.2) is 0 Å². The van der Waals surface area contributed by atoms with Crippen LogP contribution < -0.4 is 4.74 Å². The van der Waals surface area contributed by atoms with Crippen molar-refractivity contribution in [2.45, 2.75) is 0 Å². The first-order valence-corrected chi connectivity index (χ1v) is 5.45. The summed E-state index contributed by atoms with van der Waals surface area (Å²) in [4.78, 5) is 33.0. The zero-order chi connectivity index (χ0) is 16.4. The molecular weight excluding hydrogens is 304 g/mol. The summed E-state index contributed by atoms with van der Waals surface area (Å²) < 4.78 is 5.99. The Morgan fingerprint density at radius 3 is 2.27 bits per heavy atom. The molecule has 0 spiro atoms. The fourth-order valence-corrected chi connectivity index (χ4v) is 1.47. The van der Waals surface area contributed by atoms with Gasteiger partial charge >= 0.3 is 17.6 Å². The summed E-state index contributed by atoms with van der Waals surface area (Å²) in [5.74, 6) is -1.11. The van der Waals surface area contributed by atoms with E-state index in [1.807, 2.05) is 0 Å². The van der Waals surface area contributed by atoms with E-state index in [1.54, 1.807) is 0 Å². The molecule has 22 heavy (non-hydrogen) atoms. The molecule has 0 amide bonds. The van der Waals surface area contributed by atoms with Gasteiger partial charge in [-0.2, -0.15) is 0 Å². The minimum absolute atomic E-state index is 0.360. The van der Waals surface area contributed by atoms with Crippen LogP contribution in [0.3, 0.4) is 0 Å². The van der Waals surface area contributed by atoms with Gasteiger partial charge in [-0.1, -0.05) is 0 Å². The van der Waals surface area contributed by atoms with Crippen LogP contribution >= 0.6 is 0 Å². The lowest BCUT2D eigenvalue weighted by molar-refractivity contribution is -0.395. The van der Waals surface area contributed by atoms with Gasteiger partial charge in [0.1, 0.15) is 0 Å². The summed E-state index contributed by atoms with van der Waals surface area (Å²) in [7, 11) is 1.28. The van der Waals surface area contributed by atoms with Crippen LogP contribution in [0.5, 0.6) is 11.8 Å². The van der Waals surface area contributed by atoms with Crippen molar-refractivity contribution in [3.8, 4) is 11.8 Å². The maximum absolute atomic E-state index is 10.9. The highest BCUT2D eigenvalue weighted by Crippen LogP contribution is 2.33. The first kappa shape index (κ1) is 14.8. The highest BCUT2D eigenvalue weighted by molar-refractivity contribution is 5.54. The van der Waals surface area contributed by atoms with Gasteiger partial charge in [0, 0.05) is 11.2 Å². The van der Waals surface area contributed by atoms with Crippen molar-refractivity contribution in [2.75, 3.05) is 0 Å². The zero-order valence-corrected chi connectivity index (χ0v) is 10.8. The number of non-ortho nitro benzene ring substituents is 1. The molecule has 2 aromatic rings. The third-order valence-corrected chi connectivity index (χ3v) is 2.43. The Morgan fingerprint density at radius 2 is 1.77 bits per heavy atom. The van der Waals surface area contributed by atoms with Gasteiger partial charge in [-0.05, 0) is 16.0 Å². The Labute approximate surface area is 120 Å². The van der Waals surface area contributed by atoms with Crippen molar-refractivity contribution in [3.63, 3.8) is 0 Å². The molecule has 2 rings (SSSR count). The quantitative estimate of drug-likeness (QED) is 0.583. The lowest BCUT2D eigenvalue weighted by atomic mass is 10.2. The Balaban J connectivity index is 2.43. The maximum Gasteiger partial charge on any atom is 0.494 e. The van der Waals surface area contributed by atoms with Gasteiger partial charge in [0.15, 0.2) is 0 Å². The fourth-order valence-electron chi connectivity index (χ4n) is 1.47. The SMILES string of the molecule is Cn1nc([N+](=O)[O-])nc1Oc1ccc([N+](=O)[O-])cc1[N+](=O)[O-]. The van der Waals surface area contributed by atoms with Gasteiger partial charge in [0.05, 0.1) is 23.0 Å². The van der Waals surface area contributed by atoms with E-state index in [-0.39, 0.29) is 11.8 Å². The smallest absolute Gasteiger partial charge is 0.404 e. The molecule has 1 aromatic heterocycles. The first-order valence-electron chi connectivity index (χ1n) is 5.45. The Hall–Kier alpha value is -3.64. The molecule has 0 aliphatic rings. The Bertz CT molecular complexity index is 785. The molecule has 13 heteroatoms. The predicted molar refractivity (Wildman–Crippen MR) is 67.5 cm³/mol. The number of hydrogen-bond donors (Lipinski definition) is 0. The Morgan fingerprint density at radius 1 is 1.09 bits per heavy atom. The van der Waals surface area contributed by atoms with E-state index in [0.29, 0.717) is 6.07 Å². The summed E-state index contributed by atoms with van der Waals surface area (Å²) in [6.45, 7) is 0. The molecule has 0 aliphatic carbocycles. The maximum atomic E-state index is 10.9. The van der Waals surface area contributed by atoms with Crippen LogP contribution in [0.15, 0.2) is 18.2 Å². The highest BCUT2D eigenvalue weighted by Gasteiger charge is 2.26. The van der Waals surface area contributed by atoms with Crippen LogP contribution in [-0.4, -0.2) is 29.5 Å². The van der Waals surface area contributed by atoms with Crippen LogP contribution in [0.25, 0.3) is 0 Å². The Kier molecular flexibility index (Phi) is 3.62. The van der Waals surface area contributed by atoms with Gasteiger partial charge in [0.2, 0.25) is 5.75 Å². The molecule has 0 aliphatic heterocycles. The second kappa shape index (κ2) is 5.39. The number of rotatable bonds is 5. The average molecular weight is 310 g/mol. The van der Waals surface area contributed by atoms with E-state index in [0.717, 1.165) is 16.8 Å². The zero-order valence-electron chi connectivity index (χ0n) is 10.8. The molecule has 114 valence electrons. The molecule has 0 saturated carbocycles. The van der Waals surface area contributed by atoms with E-state index in [1.165, 1.54) is 7.05 Å². The second-order valence-corrected chi connectivity index (χ2v) is 3.84. The molecule has 1 aromatic carbocycles. The van der Waals surface area contributed by atoms with Crippen molar-refractivity contribution in [3.05, 3.63) is 48.5 Å². The molecule has 0 saturated heterocycles. The summed E-state index contributed by atoms with van der Waals surface area (Å²) in [5.41, 5.74) is -1.18. The van der Waals surface area contributed by atoms with E-state index < -0.39 is 32.1 Å². The van der Waals surface area contributed by atoms with E-state index in [4.69, 9.17) is 4.74 Å². The summed E-state index contributed by atoms with van der Waals surface area (Å²) in [6.07, 6.45) is 0. The van der Waals surface area contributed by atoms with Gasteiger partial charge in [-0.3, -0.25) is 20.2 Å². The molecule has 0 fully saturated rings. The van der Waals surface area contributed by atoms with Crippen LogP contribution in [0.4, 0.5) is 17.3 Å². The third kappa shape index (κ3) is 2.77. The molecule has 0 unspecified atom stereocenters. The van der Waals surface area contributed by atoms with Crippen LogP contribution in [0, 0.1) is 30.3 Å². The molecule has 0 atom stereocenters. The minimum Gasteiger partial charge on any atom is -0.404 e. The van der Waals surface area contributed by atoms with E-state index >= 15 is 0 Å². The standard InChI is InChI=1S/C9H6N6O7/c1-12-9(10-8(11-12)15(20)21)22-7-3-2-5(13(16)17)4-6(7)14(18)19/h2-4H,1H3. The molecular formula is C9H6N6O7. The number of ether oxygens (including phenoxy) is 1. The predicted octanol–water partition coefficient (Wildman–Crippen LogP) is 1.33. The molecule has 13 nitrogen and oxygen atoms in total. The molecule has 0 bridgehead atoms. The fraction of sp³-hybridized carbons (Fsp3) is 0.111. The van der Waals surface area contributed by atoms with Crippen molar-refractivity contribution in [2.24, 2.45) is 7.05 Å². The van der Waals surface area contributed by atoms with Gasteiger partial charge in [0.25, 0.3) is 5.69 Å². The number of nitro benzene ring substituents is 2. The third-order valence-electron chi connectivity index (χ3n) is 2.43. The summed E-state index contributed by atoms with van der Waals surface area (Å²) in [6, 6.07) is 2.33. The number of nitro groups is 3. The molecule has 1 heterocycles. The minimum atomic E-state index is -0.882. The number of aryl methyl sites for hydroxylation is 1. The molecule has 0 radical (unpaired) electrons. The van der Waals surface area contributed by atoms with E-state index in [2.05, 4.69) is 10.1 Å². The summed E-state index contributed by atoms with van der Waals surface area (Å²) >= 11 is 0. The van der Waals surface area contributed by atoms with Gasteiger partial charge in [-0.15, -0.1) is 4.68 Å². The lowest BCUT2D eigenvalue weighted by Crippen LogP contribution is -1.99.